The second-order valence-corrected chi connectivity index (χ2v) is 10.1. The van der Waals surface area contributed by atoms with E-state index in [-0.39, 0.29) is 0 Å². The average molecular weight is 282 g/mol. The minimum absolute atomic E-state index is 0.642. The van der Waals surface area contributed by atoms with E-state index in [9.17, 15) is 0 Å². The number of rotatable bonds is 6. The molecule has 2 heteroatoms. The molecule has 0 saturated heterocycles. The lowest BCUT2D eigenvalue weighted by molar-refractivity contribution is 0.146. The Bertz CT molecular complexity index is 546. The molecule has 0 aliphatic rings. The van der Waals surface area contributed by atoms with E-state index in [0.717, 1.165) is 0 Å². The van der Waals surface area contributed by atoms with Gasteiger partial charge in [0.05, 0.1) is 13.2 Å². The Labute approximate surface area is 122 Å². The molecular weight excluding hydrogens is 260 g/mol. The Hall–Kier alpha value is -1.64. The monoisotopic (exact) mass is 282 g/mol. The van der Waals surface area contributed by atoms with Crippen LogP contribution in [0.3, 0.4) is 0 Å². The standard InChI is InChI=1S/C18H22OSi/c1-16(14-19-15-17-10-6-4-7-11-17)20(2,3)18-12-8-5-9-13-18/h4-13H,1,14-15H2,2-3H3. The van der Waals surface area contributed by atoms with E-state index in [1.165, 1.54) is 15.9 Å². The summed E-state index contributed by atoms with van der Waals surface area (Å²) in [6, 6.07) is 20.9. The lowest BCUT2D eigenvalue weighted by atomic mass is 10.2. The van der Waals surface area contributed by atoms with Crippen LogP contribution in [0.5, 0.6) is 0 Å². The molecular formula is C18H22OSi. The maximum atomic E-state index is 5.82. The Balaban J connectivity index is 1.91. The lowest BCUT2D eigenvalue weighted by Crippen LogP contribution is -2.44. The smallest absolute Gasteiger partial charge is 0.109 e. The first kappa shape index (κ1) is 14.8. The van der Waals surface area contributed by atoms with Crippen molar-refractivity contribution in [1.29, 1.82) is 0 Å². The molecule has 0 bridgehead atoms. The highest BCUT2D eigenvalue weighted by Crippen LogP contribution is 2.14. The zero-order valence-electron chi connectivity index (χ0n) is 12.3. The van der Waals surface area contributed by atoms with Crippen LogP contribution < -0.4 is 5.19 Å². The van der Waals surface area contributed by atoms with E-state index in [1.807, 2.05) is 18.2 Å². The Morgan fingerprint density at radius 1 is 0.950 bits per heavy atom. The summed E-state index contributed by atoms with van der Waals surface area (Å²) in [5.41, 5.74) is 1.21. The fraction of sp³-hybridized carbons (Fsp3) is 0.222. The predicted octanol–water partition coefficient (Wildman–Crippen LogP) is 3.91. The molecule has 0 heterocycles. The highest BCUT2D eigenvalue weighted by atomic mass is 28.3. The number of ether oxygens (including phenoxy) is 1. The van der Waals surface area contributed by atoms with E-state index in [0.29, 0.717) is 13.2 Å². The first-order valence-corrected chi connectivity index (χ1v) is 9.96. The summed E-state index contributed by atoms with van der Waals surface area (Å²) in [5.74, 6) is 0. The summed E-state index contributed by atoms with van der Waals surface area (Å²) in [6.45, 7) is 10.2. The minimum Gasteiger partial charge on any atom is -0.373 e. The van der Waals surface area contributed by atoms with Crippen molar-refractivity contribution >= 4 is 13.3 Å². The topological polar surface area (TPSA) is 9.23 Å². The molecule has 0 radical (unpaired) electrons. The van der Waals surface area contributed by atoms with Gasteiger partial charge in [0.1, 0.15) is 8.07 Å². The van der Waals surface area contributed by atoms with Gasteiger partial charge in [-0.1, -0.05) is 84.1 Å². The SMILES string of the molecule is C=C(COCc1ccccc1)[Si](C)(C)c1ccccc1. The van der Waals surface area contributed by atoms with Gasteiger partial charge in [-0.3, -0.25) is 0 Å². The van der Waals surface area contributed by atoms with Gasteiger partial charge in [-0.05, 0) is 5.56 Å². The third-order valence-electron chi connectivity index (χ3n) is 3.77. The summed E-state index contributed by atoms with van der Waals surface area (Å²) < 4.78 is 5.82. The summed E-state index contributed by atoms with van der Waals surface area (Å²) >= 11 is 0. The first-order chi connectivity index (χ1) is 9.60. The van der Waals surface area contributed by atoms with Crippen molar-refractivity contribution in [3.8, 4) is 0 Å². The molecule has 104 valence electrons. The fourth-order valence-electron chi connectivity index (χ4n) is 2.11. The van der Waals surface area contributed by atoms with Crippen LogP contribution in [0.15, 0.2) is 72.4 Å². The molecule has 1 nitrogen and oxygen atoms in total. The minimum atomic E-state index is -1.64. The molecule has 2 aromatic rings. The van der Waals surface area contributed by atoms with Gasteiger partial charge in [0.15, 0.2) is 0 Å². The largest absolute Gasteiger partial charge is 0.373 e. The van der Waals surface area contributed by atoms with Crippen LogP contribution in [0.1, 0.15) is 5.56 Å². The highest BCUT2D eigenvalue weighted by Gasteiger charge is 2.26. The molecule has 0 N–H and O–H groups in total. The maximum absolute atomic E-state index is 5.82. The van der Waals surface area contributed by atoms with Crippen LogP contribution in [-0.2, 0) is 11.3 Å². The quantitative estimate of drug-likeness (QED) is 0.730. The third kappa shape index (κ3) is 3.68. The van der Waals surface area contributed by atoms with Gasteiger partial charge in [-0.2, -0.15) is 0 Å². The van der Waals surface area contributed by atoms with Crippen molar-refractivity contribution in [2.75, 3.05) is 6.61 Å². The van der Waals surface area contributed by atoms with Crippen LogP contribution >= 0.6 is 0 Å². The van der Waals surface area contributed by atoms with Gasteiger partial charge in [-0.15, -0.1) is 6.58 Å². The Morgan fingerprint density at radius 2 is 1.50 bits per heavy atom. The van der Waals surface area contributed by atoms with Crippen LogP contribution in [-0.4, -0.2) is 14.7 Å². The Morgan fingerprint density at radius 3 is 2.10 bits per heavy atom. The van der Waals surface area contributed by atoms with Crippen LogP contribution in [0.4, 0.5) is 0 Å². The molecule has 2 aromatic carbocycles. The molecule has 0 unspecified atom stereocenters. The summed E-state index contributed by atoms with van der Waals surface area (Å²) in [7, 11) is -1.64. The molecule has 0 saturated carbocycles. The molecule has 0 amide bonds. The molecule has 0 aliphatic carbocycles. The van der Waals surface area contributed by atoms with Gasteiger partial charge < -0.3 is 4.74 Å². The van der Waals surface area contributed by atoms with Gasteiger partial charge >= 0.3 is 0 Å². The van der Waals surface area contributed by atoms with E-state index in [2.05, 4.69) is 62.1 Å². The molecule has 0 fully saturated rings. The molecule has 2 rings (SSSR count). The van der Waals surface area contributed by atoms with Gasteiger partial charge in [0.25, 0.3) is 0 Å². The summed E-state index contributed by atoms with van der Waals surface area (Å²) in [6.07, 6.45) is 0. The molecule has 20 heavy (non-hydrogen) atoms. The summed E-state index contributed by atoms with van der Waals surface area (Å²) in [4.78, 5) is 0. The fourth-order valence-corrected chi connectivity index (χ4v) is 4.00. The molecule has 0 aliphatic heterocycles. The molecule has 0 atom stereocenters. The van der Waals surface area contributed by atoms with Crippen LogP contribution in [0, 0.1) is 0 Å². The van der Waals surface area contributed by atoms with E-state index in [1.54, 1.807) is 0 Å². The number of benzene rings is 2. The van der Waals surface area contributed by atoms with Crippen LogP contribution in [0.25, 0.3) is 0 Å². The zero-order chi connectivity index (χ0) is 14.4. The van der Waals surface area contributed by atoms with Crippen molar-refractivity contribution in [3.63, 3.8) is 0 Å². The van der Waals surface area contributed by atoms with Crippen molar-refractivity contribution in [3.05, 3.63) is 78.0 Å². The number of hydrogen-bond acceptors (Lipinski definition) is 1. The average Bonchev–Trinajstić information content (AvgIpc) is 2.49. The first-order valence-electron chi connectivity index (χ1n) is 6.96. The van der Waals surface area contributed by atoms with Crippen molar-refractivity contribution < 1.29 is 4.74 Å². The summed E-state index contributed by atoms with van der Waals surface area (Å²) in [5, 5.41) is 2.65. The number of hydrogen-bond donors (Lipinski definition) is 0. The van der Waals surface area contributed by atoms with Crippen LogP contribution in [0.2, 0.25) is 13.1 Å². The van der Waals surface area contributed by atoms with Crippen molar-refractivity contribution in [1.82, 2.24) is 0 Å². The molecule has 0 spiro atoms. The molecule has 0 aromatic heterocycles. The second-order valence-electron chi connectivity index (χ2n) is 5.57. The van der Waals surface area contributed by atoms with E-state index >= 15 is 0 Å². The van der Waals surface area contributed by atoms with E-state index < -0.39 is 8.07 Å². The van der Waals surface area contributed by atoms with Gasteiger partial charge in [-0.25, -0.2) is 0 Å². The predicted molar refractivity (Wildman–Crippen MR) is 88.8 cm³/mol. The van der Waals surface area contributed by atoms with Crippen molar-refractivity contribution in [2.45, 2.75) is 19.7 Å². The Kier molecular flexibility index (Phi) is 4.93. The van der Waals surface area contributed by atoms with E-state index in [4.69, 9.17) is 4.74 Å². The highest BCUT2D eigenvalue weighted by molar-refractivity contribution is 6.95. The normalized spacial score (nSPS) is 11.3. The van der Waals surface area contributed by atoms with Gasteiger partial charge in [0, 0.05) is 0 Å². The van der Waals surface area contributed by atoms with Crippen molar-refractivity contribution in [2.24, 2.45) is 0 Å². The second kappa shape index (κ2) is 6.68. The maximum Gasteiger partial charge on any atom is 0.109 e. The lowest BCUT2D eigenvalue weighted by Gasteiger charge is -2.25. The van der Waals surface area contributed by atoms with Gasteiger partial charge in [0.2, 0.25) is 0 Å². The third-order valence-corrected chi connectivity index (χ3v) is 7.46. The zero-order valence-corrected chi connectivity index (χ0v) is 13.3.